The monoisotopic (exact) mass is 301 g/mol. The fourth-order valence-corrected chi connectivity index (χ4v) is 1.70. The van der Waals surface area contributed by atoms with E-state index in [2.05, 4.69) is 0 Å². The van der Waals surface area contributed by atoms with Gasteiger partial charge >= 0.3 is 0 Å². The molecule has 0 fully saturated rings. The third-order valence-corrected chi connectivity index (χ3v) is 2.98. The van der Waals surface area contributed by atoms with E-state index in [1.54, 1.807) is 25.2 Å². The minimum absolute atomic E-state index is 0. The van der Waals surface area contributed by atoms with Gasteiger partial charge in [-0.15, -0.1) is 12.4 Å². The summed E-state index contributed by atoms with van der Waals surface area (Å²) in [6.45, 7) is 3.90. The van der Waals surface area contributed by atoms with Crippen LogP contribution in [0.2, 0.25) is 0 Å². The molecule has 0 aliphatic heterocycles. The van der Waals surface area contributed by atoms with Gasteiger partial charge in [0.15, 0.2) is 0 Å². The molecule has 1 amide bonds. The van der Waals surface area contributed by atoms with Crippen LogP contribution >= 0.6 is 12.4 Å². The highest BCUT2D eigenvalue weighted by Gasteiger charge is 2.23. The Bertz CT molecular complexity index is 480. The molecule has 112 valence electrons. The lowest BCUT2D eigenvalue weighted by atomic mass is 10.0. The minimum atomic E-state index is -0.590. The Morgan fingerprint density at radius 1 is 1.40 bits per heavy atom. The summed E-state index contributed by atoms with van der Waals surface area (Å²) in [7, 11) is 1.60. The van der Waals surface area contributed by atoms with Crippen LogP contribution in [0.5, 0.6) is 0 Å². The average Bonchev–Trinajstić information content (AvgIpc) is 2.37. The molecule has 0 bridgehead atoms. The lowest BCUT2D eigenvalue weighted by Gasteiger charge is -2.23. The van der Waals surface area contributed by atoms with Gasteiger partial charge in [0, 0.05) is 18.7 Å². The van der Waals surface area contributed by atoms with Crippen LogP contribution in [0.4, 0.5) is 5.69 Å². The fraction of sp³-hybridized carbons (Fsp3) is 0.462. The zero-order valence-electron chi connectivity index (χ0n) is 11.8. The number of nitro benzene ring substituents is 1. The van der Waals surface area contributed by atoms with Crippen LogP contribution < -0.4 is 5.73 Å². The summed E-state index contributed by atoms with van der Waals surface area (Å²) in [6.07, 6.45) is 0. The summed E-state index contributed by atoms with van der Waals surface area (Å²) in [5, 5.41) is 10.9. The number of amides is 1. The van der Waals surface area contributed by atoms with Gasteiger partial charge in [-0.3, -0.25) is 14.9 Å². The van der Waals surface area contributed by atoms with Crippen LogP contribution in [0, 0.1) is 16.0 Å². The molecular formula is C13H20ClN3O3. The van der Waals surface area contributed by atoms with Crippen molar-refractivity contribution in [1.82, 2.24) is 4.90 Å². The first-order valence-corrected chi connectivity index (χ1v) is 6.07. The van der Waals surface area contributed by atoms with Gasteiger partial charge < -0.3 is 10.6 Å². The van der Waals surface area contributed by atoms with Crippen molar-refractivity contribution in [3.05, 3.63) is 39.9 Å². The SMILES string of the molecule is CC(C)[C@@H](N)C(=O)N(C)Cc1ccccc1[N+](=O)[O-].Cl. The van der Waals surface area contributed by atoms with Gasteiger partial charge in [-0.25, -0.2) is 0 Å². The van der Waals surface area contributed by atoms with Gasteiger partial charge in [0.05, 0.1) is 17.5 Å². The van der Waals surface area contributed by atoms with E-state index in [0.717, 1.165) is 0 Å². The van der Waals surface area contributed by atoms with Crippen molar-refractivity contribution < 1.29 is 9.72 Å². The maximum absolute atomic E-state index is 12.0. The van der Waals surface area contributed by atoms with Crippen molar-refractivity contribution in [2.24, 2.45) is 11.7 Å². The highest BCUT2D eigenvalue weighted by Crippen LogP contribution is 2.19. The lowest BCUT2D eigenvalue weighted by molar-refractivity contribution is -0.385. The van der Waals surface area contributed by atoms with Gasteiger partial charge in [-0.2, -0.15) is 0 Å². The normalized spacial score (nSPS) is 11.7. The summed E-state index contributed by atoms with van der Waals surface area (Å²) in [4.78, 5) is 23.9. The molecule has 1 atom stereocenters. The molecular weight excluding hydrogens is 282 g/mol. The van der Waals surface area contributed by atoms with Crippen molar-refractivity contribution in [1.29, 1.82) is 0 Å². The molecule has 7 heteroatoms. The Hall–Kier alpha value is -1.66. The molecule has 0 aliphatic carbocycles. The maximum atomic E-state index is 12.0. The number of hydrogen-bond acceptors (Lipinski definition) is 4. The van der Waals surface area contributed by atoms with E-state index in [0.29, 0.717) is 5.56 Å². The van der Waals surface area contributed by atoms with E-state index < -0.39 is 11.0 Å². The Morgan fingerprint density at radius 3 is 2.45 bits per heavy atom. The minimum Gasteiger partial charge on any atom is -0.340 e. The number of nitrogens with zero attached hydrogens (tertiary/aromatic N) is 2. The smallest absolute Gasteiger partial charge is 0.274 e. The van der Waals surface area contributed by atoms with Gasteiger partial charge in [0.2, 0.25) is 5.91 Å². The molecule has 20 heavy (non-hydrogen) atoms. The van der Waals surface area contributed by atoms with Crippen LogP contribution in [-0.2, 0) is 11.3 Å². The van der Waals surface area contributed by atoms with Crippen molar-refractivity contribution in [2.75, 3.05) is 7.05 Å². The number of para-hydroxylation sites is 1. The molecule has 0 spiro atoms. The molecule has 0 aromatic heterocycles. The molecule has 0 heterocycles. The number of benzene rings is 1. The van der Waals surface area contributed by atoms with E-state index in [-0.39, 0.29) is 36.5 Å². The highest BCUT2D eigenvalue weighted by molar-refractivity contribution is 5.85. The molecule has 1 aromatic carbocycles. The number of rotatable bonds is 5. The van der Waals surface area contributed by atoms with Crippen LogP contribution in [0.15, 0.2) is 24.3 Å². The number of nitro groups is 1. The topological polar surface area (TPSA) is 89.5 Å². The predicted molar refractivity (Wildman–Crippen MR) is 79.6 cm³/mol. The van der Waals surface area contributed by atoms with Crippen LogP contribution in [0.25, 0.3) is 0 Å². The van der Waals surface area contributed by atoms with E-state index in [9.17, 15) is 14.9 Å². The summed E-state index contributed by atoms with van der Waals surface area (Å²) < 4.78 is 0. The second kappa shape index (κ2) is 7.81. The number of hydrogen-bond donors (Lipinski definition) is 1. The number of likely N-dealkylation sites (N-methyl/N-ethyl adjacent to an activating group) is 1. The maximum Gasteiger partial charge on any atom is 0.274 e. The molecule has 0 unspecified atom stereocenters. The van der Waals surface area contributed by atoms with Crippen LogP contribution in [-0.4, -0.2) is 28.8 Å². The first-order chi connectivity index (χ1) is 8.84. The van der Waals surface area contributed by atoms with E-state index >= 15 is 0 Å². The third-order valence-electron chi connectivity index (χ3n) is 2.98. The van der Waals surface area contributed by atoms with Crippen LogP contribution in [0.1, 0.15) is 19.4 Å². The van der Waals surface area contributed by atoms with Crippen molar-refractivity contribution in [2.45, 2.75) is 26.4 Å². The summed E-state index contributed by atoms with van der Waals surface area (Å²) in [5.74, 6) is -0.186. The molecule has 2 N–H and O–H groups in total. The number of carbonyl (C=O) groups excluding carboxylic acids is 1. The van der Waals surface area contributed by atoms with Crippen molar-refractivity contribution >= 4 is 24.0 Å². The first-order valence-electron chi connectivity index (χ1n) is 6.07. The standard InChI is InChI=1S/C13H19N3O3.ClH/c1-9(2)12(14)13(17)15(3)8-10-6-4-5-7-11(10)16(18)19;/h4-7,9,12H,8,14H2,1-3H3;1H/t12-;/m1./s1. The van der Waals surface area contributed by atoms with Gasteiger partial charge in [-0.05, 0) is 5.92 Å². The molecule has 6 nitrogen and oxygen atoms in total. The predicted octanol–water partition coefficient (Wildman–Crippen LogP) is 1.96. The average molecular weight is 302 g/mol. The zero-order valence-corrected chi connectivity index (χ0v) is 12.6. The van der Waals surface area contributed by atoms with Gasteiger partial charge in [0.1, 0.15) is 0 Å². The second-order valence-corrected chi connectivity index (χ2v) is 4.85. The highest BCUT2D eigenvalue weighted by atomic mass is 35.5. The van der Waals surface area contributed by atoms with Crippen LogP contribution in [0.3, 0.4) is 0 Å². The Kier molecular flexibility index (Phi) is 7.17. The largest absolute Gasteiger partial charge is 0.340 e. The molecule has 0 saturated carbocycles. The number of carbonyl (C=O) groups is 1. The molecule has 0 radical (unpaired) electrons. The summed E-state index contributed by atoms with van der Waals surface area (Å²) in [6, 6.07) is 5.79. The Balaban J connectivity index is 0.00000361. The van der Waals surface area contributed by atoms with E-state index in [1.165, 1.54) is 11.0 Å². The second-order valence-electron chi connectivity index (χ2n) is 4.85. The number of nitrogens with two attached hydrogens (primary N) is 1. The molecule has 0 saturated heterocycles. The number of halogens is 1. The molecule has 1 aromatic rings. The van der Waals surface area contributed by atoms with E-state index in [4.69, 9.17) is 5.73 Å². The van der Waals surface area contributed by atoms with E-state index in [1.807, 2.05) is 13.8 Å². The fourth-order valence-electron chi connectivity index (χ4n) is 1.70. The molecule has 1 rings (SSSR count). The molecule has 0 aliphatic rings. The quantitative estimate of drug-likeness (QED) is 0.665. The summed E-state index contributed by atoms with van der Waals surface area (Å²) in [5.41, 5.74) is 6.30. The van der Waals surface area contributed by atoms with Gasteiger partial charge in [-0.1, -0.05) is 32.0 Å². The van der Waals surface area contributed by atoms with Crippen molar-refractivity contribution in [3.8, 4) is 0 Å². The lowest BCUT2D eigenvalue weighted by Crippen LogP contribution is -2.44. The Labute approximate surface area is 124 Å². The van der Waals surface area contributed by atoms with Crippen molar-refractivity contribution in [3.63, 3.8) is 0 Å². The third kappa shape index (κ3) is 4.47. The summed E-state index contributed by atoms with van der Waals surface area (Å²) >= 11 is 0. The van der Waals surface area contributed by atoms with Gasteiger partial charge in [0.25, 0.3) is 5.69 Å². The zero-order chi connectivity index (χ0) is 14.6. The Morgan fingerprint density at radius 2 is 1.95 bits per heavy atom. The first kappa shape index (κ1) is 18.3.